The summed E-state index contributed by atoms with van der Waals surface area (Å²) >= 11 is 1.55. The molecule has 2 aromatic rings. The van der Waals surface area contributed by atoms with Crippen LogP contribution < -0.4 is 15.4 Å². The van der Waals surface area contributed by atoms with Crippen LogP contribution in [0.2, 0.25) is 0 Å². The number of nitrogens with one attached hydrogen (secondary N) is 2. The normalized spacial score (nSPS) is 31.3. The molecule has 3 aliphatic heterocycles. The van der Waals surface area contributed by atoms with Crippen LogP contribution in [-0.4, -0.2) is 53.0 Å². The molecule has 0 aromatic heterocycles. The molecule has 3 unspecified atom stereocenters. The summed E-state index contributed by atoms with van der Waals surface area (Å²) in [5, 5.41) is 5.80. The zero-order chi connectivity index (χ0) is 21.6. The highest BCUT2D eigenvalue weighted by Crippen LogP contribution is 2.40. The quantitative estimate of drug-likeness (QED) is 0.610. The number of amides is 1. The van der Waals surface area contributed by atoms with Gasteiger partial charge in [0.2, 0.25) is 5.91 Å². The van der Waals surface area contributed by atoms with Gasteiger partial charge in [0.1, 0.15) is 36.4 Å². The van der Waals surface area contributed by atoms with E-state index in [-0.39, 0.29) is 30.2 Å². The van der Waals surface area contributed by atoms with Gasteiger partial charge in [0, 0.05) is 12.6 Å². The summed E-state index contributed by atoms with van der Waals surface area (Å²) in [6, 6.07) is 13.6. The van der Waals surface area contributed by atoms with Gasteiger partial charge < -0.3 is 10.2 Å². The molecular weight excluding hydrogens is 420 g/mol. The maximum absolute atomic E-state index is 14.3. The highest BCUT2D eigenvalue weighted by Gasteiger charge is 2.59. The summed E-state index contributed by atoms with van der Waals surface area (Å²) in [5.74, 6) is -1.19. The molecule has 3 heterocycles. The van der Waals surface area contributed by atoms with Crippen molar-refractivity contribution in [3.05, 3.63) is 71.3 Å². The van der Waals surface area contributed by atoms with Crippen molar-refractivity contribution in [2.45, 2.75) is 36.7 Å². The Kier molecular flexibility index (Phi) is 5.47. The molecule has 1 amide bonds. The summed E-state index contributed by atoms with van der Waals surface area (Å²) in [5.41, 5.74) is 0.817. The third-order valence-electron chi connectivity index (χ3n) is 6.49. The fraction of sp³-hybridized carbons (Fsp3) is 0.409. The Labute approximate surface area is 184 Å². The number of rotatable bonds is 4. The van der Waals surface area contributed by atoms with Crippen LogP contribution in [0.4, 0.5) is 8.78 Å². The van der Waals surface area contributed by atoms with Crippen LogP contribution in [0.15, 0.2) is 48.5 Å². The van der Waals surface area contributed by atoms with Crippen molar-refractivity contribution in [1.29, 1.82) is 0 Å². The van der Waals surface area contributed by atoms with Crippen molar-refractivity contribution >= 4 is 17.9 Å². The molecule has 0 saturated carbocycles. The Balaban J connectivity index is 1.56. The zero-order valence-electron chi connectivity index (χ0n) is 17.2. The summed E-state index contributed by atoms with van der Waals surface area (Å²) in [6.45, 7) is 4.06. The SMILES string of the molecule is CC1NC([C@]2(c3cc(F)cc(F)c3)C[NH2+]CC3N(Cc4ccccc4)C(=O)CN32)NS1. The first kappa shape index (κ1) is 20.8. The van der Waals surface area contributed by atoms with E-state index in [0.717, 1.165) is 11.6 Å². The lowest BCUT2D eigenvalue weighted by Gasteiger charge is -2.50. The Morgan fingerprint density at radius 1 is 1.19 bits per heavy atom. The Morgan fingerprint density at radius 2 is 1.94 bits per heavy atom. The number of carbonyl (C=O) groups is 1. The number of hydrogen-bond donors (Lipinski definition) is 3. The lowest BCUT2D eigenvalue weighted by molar-refractivity contribution is -0.687. The van der Waals surface area contributed by atoms with E-state index in [0.29, 0.717) is 25.2 Å². The van der Waals surface area contributed by atoms with Gasteiger partial charge in [-0.2, -0.15) is 0 Å². The van der Waals surface area contributed by atoms with Crippen LogP contribution in [0.25, 0.3) is 0 Å². The monoisotopic (exact) mass is 446 g/mol. The smallest absolute Gasteiger partial charge is 0.238 e. The van der Waals surface area contributed by atoms with Crippen molar-refractivity contribution in [3.8, 4) is 0 Å². The number of hydrogen-bond acceptors (Lipinski definition) is 5. The van der Waals surface area contributed by atoms with E-state index in [2.05, 4.69) is 20.3 Å². The van der Waals surface area contributed by atoms with Gasteiger partial charge in [-0.1, -0.05) is 42.3 Å². The number of piperazine rings is 1. The van der Waals surface area contributed by atoms with Crippen molar-refractivity contribution in [1.82, 2.24) is 19.8 Å². The summed E-state index contributed by atoms with van der Waals surface area (Å²) in [4.78, 5) is 17.2. The van der Waals surface area contributed by atoms with Gasteiger partial charge in [0.15, 0.2) is 0 Å². The van der Waals surface area contributed by atoms with E-state index >= 15 is 0 Å². The average Bonchev–Trinajstić information content (AvgIpc) is 3.32. The summed E-state index contributed by atoms with van der Waals surface area (Å²) < 4.78 is 32.0. The van der Waals surface area contributed by atoms with Gasteiger partial charge in [0.05, 0.1) is 18.1 Å². The van der Waals surface area contributed by atoms with Crippen LogP contribution in [0.1, 0.15) is 18.1 Å². The Bertz CT molecular complexity index is 959. The maximum Gasteiger partial charge on any atom is 0.238 e. The van der Waals surface area contributed by atoms with Crippen molar-refractivity contribution in [3.63, 3.8) is 0 Å². The first-order chi connectivity index (χ1) is 15.0. The predicted octanol–water partition coefficient (Wildman–Crippen LogP) is 0.921. The summed E-state index contributed by atoms with van der Waals surface area (Å²) in [6.07, 6.45) is -0.436. The second-order valence-corrected chi connectivity index (χ2v) is 9.58. The van der Waals surface area contributed by atoms with Gasteiger partial charge in [-0.25, -0.2) is 13.5 Å². The van der Waals surface area contributed by atoms with Crippen LogP contribution in [0, 0.1) is 11.6 Å². The lowest BCUT2D eigenvalue weighted by atomic mass is 9.82. The fourth-order valence-electron chi connectivity index (χ4n) is 5.13. The first-order valence-electron chi connectivity index (χ1n) is 10.5. The van der Waals surface area contributed by atoms with Crippen LogP contribution in [-0.2, 0) is 16.9 Å². The largest absolute Gasteiger partial charge is 0.341 e. The predicted molar refractivity (Wildman–Crippen MR) is 114 cm³/mol. The number of nitrogens with two attached hydrogens (primary N) is 1. The lowest BCUT2D eigenvalue weighted by Crippen LogP contribution is -2.97. The molecule has 4 N–H and O–H groups in total. The number of benzene rings is 2. The maximum atomic E-state index is 14.3. The highest BCUT2D eigenvalue weighted by atomic mass is 32.2. The number of quaternary nitrogens is 1. The van der Waals surface area contributed by atoms with Crippen molar-refractivity contribution < 1.29 is 18.9 Å². The second-order valence-electron chi connectivity index (χ2n) is 8.40. The number of carbonyl (C=O) groups excluding carboxylic acids is 1. The van der Waals surface area contributed by atoms with E-state index in [4.69, 9.17) is 0 Å². The van der Waals surface area contributed by atoms with Crippen LogP contribution >= 0.6 is 11.9 Å². The average molecular weight is 447 g/mol. The molecule has 0 radical (unpaired) electrons. The highest BCUT2D eigenvalue weighted by molar-refractivity contribution is 7.98. The molecule has 6 nitrogen and oxygen atoms in total. The molecule has 0 aliphatic carbocycles. The van der Waals surface area contributed by atoms with Crippen LogP contribution in [0.3, 0.4) is 0 Å². The minimum atomic E-state index is -0.787. The molecular formula is C22H26F2N5OS+. The molecule has 2 aromatic carbocycles. The topological polar surface area (TPSA) is 64.2 Å². The van der Waals surface area contributed by atoms with E-state index in [1.165, 1.54) is 12.1 Å². The standard InChI is InChI=1S/C22H25F2N5OS/c1-14-26-21(27-31-14)22(16-7-17(23)9-18(24)8-16)13-25-10-19-28(20(30)12-29(19)22)11-15-5-3-2-4-6-15/h2-9,14,19,21,25-27H,10-13H2,1H3/p+1/t14?,19?,21?,22-/m1/s1. The second kappa shape index (κ2) is 8.14. The first-order valence-corrected chi connectivity index (χ1v) is 11.4. The van der Waals surface area contributed by atoms with E-state index in [1.807, 2.05) is 42.2 Å². The molecule has 31 heavy (non-hydrogen) atoms. The van der Waals surface area contributed by atoms with Gasteiger partial charge in [-0.3, -0.25) is 15.0 Å². The third kappa shape index (κ3) is 3.64. The van der Waals surface area contributed by atoms with E-state index < -0.39 is 17.2 Å². The van der Waals surface area contributed by atoms with E-state index in [1.54, 1.807) is 11.9 Å². The molecule has 3 aliphatic rings. The Hall–Kier alpha value is -2.04. The third-order valence-corrected chi connectivity index (χ3v) is 7.35. The molecule has 164 valence electrons. The van der Waals surface area contributed by atoms with Gasteiger partial charge >= 0.3 is 0 Å². The van der Waals surface area contributed by atoms with Gasteiger partial charge in [-0.15, -0.1) is 0 Å². The minimum Gasteiger partial charge on any atom is -0.341 e. The van der Waals surface area contributed by atoms with Gasteiger partial charge in [0.25, 0.3) is 0 Å². The molecule has 0 bridgehead atoms. The fourth-order valence-corrected chi connectivity index (χ4v) is 5.93. The molecule has 4 atom stereocenters. The number of fused-ring (bicyclic) bond motifs is 1. The van der Waals surface area contributed by atoms with Crippen LogP contribution in [0.5, 0.6) is 0 Å². The molecule has 3 fully saturated rings. The minimum absolute atomic E-state index is 0.0316. The summed E-state index contributed by atoms with van der Waals surface area (Å²) in [7, 11) is 0. The molecule has 9 heteroatoms. The molecule has 5 rings (SSSR count). The number of halogens is 2. The van der Waals surface area contributed by atoms with E-state index in [9.17, 15) is 13.6 Å². The zero-order valence-corrected chi connectivity index (χ0v) is 18.0. The molecule has 0 spiro atoms. The number of nitrogens with zero attached hydrogens (tertiary/aromatic N) is 2. The van der Waals surface area contributed by atoms with Crippen molar-refractivity contribution in [2.75, 3.05) is 19.6 Å². The van der Waals surface area contributed by atoms with Crippen molar-refractivity contribution in [2.24, 2.45) is 0 Å². The Morgan fingerprint density at radius 3 is 2.61 bits per heavy atom. The van der Waals surface area contributed by atoms with Gasteiger partial charge in [-0.05, 0) is 30.2 Å². The molecule has 3 saturated heterocycles.